The molecule has 0 saturated heterocycles. The molecular weight excluding hydrogens is 362 g/mol. The summed E-state index contributed by atoms with van der Waals surface area (Å²) in [6.45, 7) is 10.3. The van der Waals surface area contributed by atoms with Crippen LogP contribution in [0.2, 0.25) is 0 Å². The molecule has 3 atom stereocenters. The summed E-state index contributed by atoms with van der Waals surface area (Å²) in [5.74, 6) is 1.89. The van der Waals surface area contributed by atoms with E-state index < -0.39 is 0 Å². The number of nitrogens with zero attached hydrogens (tertiary/aromatic N) is 1. The van der Waals surface area contributed by atoms with Gasteiger partial charge in [-0.1, -0.05) is 76.2 Å². The molecule has 0 heterocycles. The molecule has 0 radical (unpaired) electrons. The Morgan fingerprint density at radius 3 is 1.75 bits per heavy atom. The molecule has 0 aliphatic rings. The van der Waals surface area contributed by atoms with E-state index in [2.05, 4.69) is 107 Å². The van der Waals surface area contributed by atoms with Crippen LogP contribution >= 0.6 is 11.6 Å². The summed E-state index contributed by atoms with van der Waals surface area (Å²) in [6.07, 6.45) is 5.16. The number of hydrogen-bond acceptors (Lipinski definition) is 1. The minimum atomic E-state index is 0.614. The smallest absolute Gasteiger partial charge is 0.0227 e. The van der Waals surface area contributed by atoms with Crippen molar-refractivity contribution in [2.75, 3.05) is 20.5 Å². The van der Waals surface area contributed by atoms with Gasteiger partial charge in [0, 0.05) is 12.9 Å². The maximum absolute atomic E-state index is 4.64. The van der Waals surface area contributed by atoms with E-state index in [1.54, 1.807) is 0 Å². The third kappa shape index (κ3) is 7.97. The highest BCUT2D eigenvalue weighted by Crippen LogP contribution is 2.29. The Morgan fingerprint density at radius 2 is 1.25 bits per heavy atom. The van der Waals surface area contributed by atoms with E-state index >= 15 is 0 Å². The molecular formula is C26H40ClN. The van der Waals surface area contributed by atoms with Gasteiger partial charge < -0.3 is 4.90 Å². The highest BCUT2D eigenvalue weighted by Gasteiger charge is 2.12. The molecule has 0 saturated carbocycles. The molecule has 1 nitrogen and oxygen atoms in total. The normalized spacial score (nSPS) is 14.2. The van der Waals surface area contributed by atoms with Gasteiger partial charge in [-0.15, -0.1) is 11.6 Å². The summed E-state index contributed by atoms with van der Waals surface area (Å²) in [7, 11) is 4.24. The zero-order valence-corrected chi connectivity index (χ0v) is 19.8. The molecule has 0 fully saturated rings. The minimum Gasteiger partial charge on any atom is -0.305 e. The lowest BCUT2D eigenvalue weighted by molar-refractivity contribution is 0.402. The van der Waals surface area contributed by atoms with Gasteiger partial charge in [-0.2, -0.15) is 0 Å². The Hall–Kier alpha value is -1.31. The number of alkyl halides is 1. The summed E-state index contributed by atoms with van der Waals surface area (Å²) in [5.41, 5.74) is 5.84. The Labute approximate surface area is 179 Å². The Kier molecular flexibility index (Phi) is 11.5. The van der Waals surface area contributed by atoms with Gasteiger partial charge >= 0.3 is 0 Å². The Morgan fingerprint density at radius 1 is 0.750 bits per heavy atom. The van der Waals surface area contributed by atoms with Gasteiger partial charge in [-0.3, -0.25) is 0 Å². The predicted molar refractivity (Wildman–Crippen MR) is 127 cm³/mol. The molecule has 2 aromatic carbocycles. The van der Waals surface area contributed by atoms with E-state index in [1.165, 1.54) is 47.9 Å². The van der Waals surface area contributed by atoms with E-state index in [1.807, 2.05) is 0 Å². The van der Waals surface area contributed by atoms with Crippen molar-refractivity contribution in [1.82, 2.24) is 4.90 Å². The van der Waals surface area contributed by atoms with Gasteiger partial charge in [0.15, 0.2) is 0 Å². The predicted octanol–water partition coefficient (Wildman–Crippen LogP) is 7.80. The SMILES string of the molecule is CCC(C)c1cccc(C(C)CCC(C)c2ccc(CN(C)C)cc2)c1.CCl. The van der Waals surface area contributed by atoms with E-state index in [0.717, 1.165) is 6.54 Å². The second-order valence-electron chi connectivity index (χ2n) is 8.34. The Balaban J connectivity index is 0.00000190. The van der Waals surface area contributed by atoms with Crippen LogP contribution in [0.15, 0.2) is 48.5 Å². The van der Waals surface area contributed by atoms with Crippen molar-refractivity contribution in [3.05, 3.63) is 70.8 Å². The maximum atomic E-state index is 4.64. The molecule has 0 aliphatic carbocycles. The van der Waals surface area contributed by atoms with Crippen LogP contribution in [0.5, 0.6) is 0 Å². The van der Waals surface area contributed by atoms with E-state index in [4.69, 9.17) is 0 Å². The average Bonchev–Trinajstić information content (AvgIpc) is 2.72. The first-order valence-electron chi connectivity index (χ1n) is 10.6. The van der Waals surface area contributed by atoms with Crippen molar-refractivity contribution in [3.8, 4) is 0 Å². The molecule has 28 heavy (non-hydrogen) atoms. The van der Waals surface area contributed by atoms with Crippen LogP contribution in [-0.2, 0) is 6.54 Å². The maximum Gasteiger partial charge on any atom is 0.0227 e. The van der Waals surface area contributed by atoms with Gasteiger partial charge in [-0.25, -0.2) is 0 Å². The fourth-order valence-corrected chi connectivity index (χ4v) is 3.56. The largest absolute Gasteiger partial charge is 0.305 e. The molecule has 0 spiro atoms. The fraction of sp³-hybridized carbons (Fsp3) is 0.538. The van der Waals surface area contributed by atoms with Gasteiger partial charge in [0.2, 0.25) is 0 Å². The van der Waals surface area contributed by atoms with E-state index in [0.29, 0.717) is 17.8 Å². The fourth-order valence-electron chi connectivity index (χ4n) is 3.56. The van der Waals surface area contributed by atoms with Gasteiger partial charge in [0.05, 0.1) is 0 Å². The molecule has 0 aliphatic heterocycles. The zero-order chi connectivity index (χ0) is 21.1. The molecule has 2 rings (SSSR count). The van der Waals surface area contributed by atoms with Crippen LogP contribution in [0.3, 0.4) is 0 Å². The van der Waals surface area contributed by atoms with Crippen LogP contribution < -0.4 is 0 Å². The van der Waals surface area contributed by atoms with Crippen molar-refractivity contribution in [3.63, 3.8) is 0 Å². The number of hydrogen-bond donors (Lipinski definition) is 0. The quantitative estimate of drug-likeness (QED) is 0.387. The number of halogens is 1. The third-order valence-electron chi connectivity index (χ3n) is 5.74. The van der Waals surface area contributed by atoms with Crippen LogP contribution in [0.4, 0.5) is 0 Å². The summed E-state index contributed by atoms with van der Waals surface area (Å²) in [4.78, 5) is 2.22. The van der Waals surface area contributed by atoms with Crippen LogP contribution in [-0.4, -0.2) is 25.4 Å². The first kappa shape index (κ1) is 24.7. The first-order chi connectivity index (χ1) is 13.4. The second kappa shape index (κ2) is 13.0. The summed E-state index contributed by atoms with van der Waals surface area (Å²) in [6, 6.07) is 18.4. The standard InChI is InChI=1S/C25H37N.CH3Cl/c1-7-19(2)24-9-8-10-25(17-24)21(4)12-11-20(3)23-15-13-22(14-16-23)18-26(5)6;1-2/h8-10,13-17,19-21H,7,11-12,18H2,1-6H3;1H3. The number of benzene rings is 2. The Bertz CT molecular complexity index is 662. The summed E-state index contributed by atoms with van der Waals surface area (Å²) < 4.78 is 0. The first-order valence-corrected chi connectivity index (χ1v) is 11.4. The highest BCUT2D eigenvalue weighted by molar-refractivity contribution is 6.15. The monoisotopic (exact) mass is 401 g/mol. The van der Waals surface area contributed by atoms with Crippen LogP contribution in [0.1, 0.15) is 87.0 Å². The topological polar surface area (TPSA) is 3.24 Å². The van der Waals surface area contributed by atoms with Crippen molar-refractivity contribution in [2.24, 2.45) is 0 Å². The minimum absolute atomic E-state index is 0.614. The highest BCUT2D eigenvalue weighted by atomic mass is 35.5. The molecule has 0 N–H and O–H groups in total. The lowest BCUT2D eigenvalue weighted by Crippen LogP contribution is -2.10. The van der Waals surface area contributed by atoms with Gasteiger partial charge in [0.25, 0.3) is 0 Å². The summed E-state index contributed by atoms with van der Waals surface area (Å²) >= 11 is 4.64. The van der Waals surface area contributed by atoms with Gasteiger partial charge in [0.1, 0.15) is 0 Å². The van der Waals surface area contributed by atoms with Crippen molar-refractivity contribution in [2.45, 2.75) is 71.3 Å². The average molecular weight is 402 g/mol. The molecule has 3 unspecified atom stereocenters. The van der Waals surface area contributed by atoms with E-state index in [-0.39, 0.29) is 0 Å². The van der Waals surface area contributed by atoms with Gasteiger partial charge in [-0.05, 0) is 73.4 Å². The second-order valence-corrected chi connectivity index (χ2v) is 8.34. The molecule has 2 heteroatoms. The molecule has 0 amide bonds. The molecule has 2 aromatic rings. The summed E-state index contributed by atoms with van der Waals surface area (Å²) in [5, 5.41) is 0. The third-order valence-corrected chi connectivity index (χ3v) is 5.74. The lowest BCUT2D eigenvalue weighted by atomic mass is 9.87. The van der Waals surface area contributed by atoms with Crippen LogP contribution in [0, 0.1) is 0 Å². The molecule has 156 valence electrons. The number of rotatable bonds is 9. The van der Waals surface area contributed by atoms with Crippen molar-refractivity contribution >= 4 is 11.6 Å². The zero-order valence-electron chi connectivity index (χ0n) is 19.0. The van der Waals surface area contributed by atoms with Crippen molar-refractivity contribution in [1.29, 1.82) is 0 Å². The molecule has 0 aromatic heterocycles. The lowest BCUT2D eigenvalue weighted by Gasteiger charge is -2.18. The molecule has 0 bridgehead atoms. The van der Waals surface area contributed by atoms with E-state index in [9.17, 15) is 0 Å². The van der Waals surface area contributed by atoms with Crippen LogP contribution in [0.25, 0.3) is 0 Å². The van der Waals surface area contributed by atoms with Crippen molar-refractivity contribution < 1.29 is 0 Å².